The molecular formula is C21H24N2O6S. The lowest BCUT2D eigenvalue weighted by Gasteiger charge is -2.32. The minimum Gasteiger partial charge on any atom is -0.466 e. The highest BCUT2D eigenvalue weighted by Gasteiger charge is 2.58. The van der Waals surface area contributed by atoms with Gasteiger partial charge in [0.1, 0.15) is 0 Å². The highest BCUT2D eigenvalue weighted by molar-refractivity contribution is 8.02. The van der Waals surface area contributed by atoms with Crippen molar-refractivity contribution in [1.82, 2.24) is 4.90 Å². The Morgan fingerprint density at radius 3 is 2.63 bits per heavy atom. The average Bonchev–Trinajstić information content (AvgIpc) is 3.27. The molecule has 4 rings (SSSR count). The second kappa shape index (κ2) is 8.29. The predicted molar refractivity (Wildman–Crippen MR) is 109 cm³/mol. The van der Waals surface area contributed by atoms with E-state index in [1.54, 1.807) is 11.8 Å². The Morgan fingerprint density at radius 2 is 1.90 bits per heavy atom. The van der Waals surface area contributed by atoms with Crippen LogP contribution in [-0.4, -0.2) is 59.8 Å². The van der Waals surface area contributed by atoms with Crippen molar-refractivity contribution in [3.8, 4) is 0 Å². The monoisotopic (exact) mass is 432 g/mol. The highest BCUT2D eigenvalue weighted by Crippen LogP contribution is 2.56. The summed E-state index contributed by atoms with van der Waals surface area (Å²) in [6.45, 7) is 2.59. The zero-order valence-electron chi connectivity index (χ0n) is 16.8. The number of fused-ring (bicyclic) bond motifs is 3. The summed E-state index contributed by atoms with van der Waals surface area (Å²) >= 11 is 1.32. The molecule has 160 valence electrons. The van der Waals surface area contributed by atoms with Gasteiger partial charge in [-0.2, -0.15) is 0 Å². The molecule has 0 aromatic heterocycles. The molecule has 1 aromatic carbocycles. The lowest BCUT2D eigenvalue weighted by atomic mass is 9.97. The molecule has 2 fully saturated rings. The van der Waals surface area contributed by atoms with E-state index < -0.39 is 10.8 Å². The maximum absolute atomic E-state index is 13.0. The van der Waals surface area contributed by atoms with Crippen molar-refractivity contribution in [3.05, 3.63) is 24.3 Å². The van der Waals surface area contributed by atoms with Crippen molar-refractivity contribution in [2.75, 3.05) is 31.2 Å². The standard InChI is InChI=1S/C21H24N2O6S/c1-2-28-19(26)14-8-11-22(12-9-14)18(25)13-29-20(27)21-10-7-17(24)23(21)15-5-3-4-6-16(15)30-21/h3-6,14H,2,7-13H2,1H3. The molecule has 3 aliphatic heterocycles. The summed E-state index contributed by atoms with van der Waals surface area (Å²) in [4.78, 5) is 52.7. The maximum Gasteiger partial charge on any atom is 0.344 e. The Balaban J connectivity index is 1.35. The fourth-order valence-electron chi connectivity index (χ4n) is 4.23. The number of hydrogen-bond donors (Lipinski definition) is 0. The van der Waals surface area contributed by atoms with Crippen LogP contribution in [-0.2, 0) is 28.7 Å². The van der Waals surface area contributed by atoms with Gasteiger partial charge in [0.05, 0.1) is 18.2 Å². The number of nitrogens with zero attached hydrogens (tertiary/aromatic N) is 2. The number of rotatable bonds is 5. The molecule has 2 amide bonds. The van der Waals surface area contributed by atoms with E-state index in [9.17, 15) is 19.2 Å². The molecule has 30 heavy (non-hydrogen) atoms. The van der Waals surface area contributed by atoms with Crippen LogP contribution >= 0.6 is 11.8 Å². The molecule has 0 saturated carbocycles. The van der Waals surface area contributed by atoms with Gasteiger partial charge in [0.2, 0.25) is 5.91 Å². The Labute approximate surface area is 178 Å². The van der Waals surface area contributed by atoms with E-state index in [4.69, 9.17) is 9.47 Å². The van der Waals surface area contributed by atoms with Crippen LogP contribution < -0.4 is 4.90 Å². The maximum atomic E-state index is 13.0. The molecule has 0 aliphatic carbocycles. The number of hydrogen-bond acceptors (Lipinski definition) is 7. The van der Waals surface area contributed by atoms with Crippen LogP contribution in [0, 0.1) is 5.92 Å². The minimum atomic E-state index is -1.13. The first-order valence-corrected chi connectivity index (χ1v) is 11.0. The second-order valence-electron chi connectivity index (χ2n) is 7.57. The van der Waals surface area contributed by atoms with E-state index in [1.807, 2.05) is 24.3 Å². The van der Waals surface area contributed by atoms with E-state index in [-0.39, 0.29) is 36.7 Å². The number of carbonyl (C=O) groups excluding carboxylic acids is 4. The first-order chi connectivity index (χ1) is 14.5. The Kier molecular flexibility index (Phi) is 5.73. The van der Waals surface area contributed by atoms with Gasteiger partial charge in [0.15, 0.2) is 11.5 Å². The quantitative estimate of drug-likeness (QED) is 0.657. The number of thioether (sulfide) groups is 1. The molecule has 1 unspecified atom stereocenters. The molecule has 0 N–H and O–H groups in total. The number of likely N-dealkylation sites (tertiary alicyclic amines) is 1. The third-order valence-corrected chi connectivity index (χ3v) is 7.24. The SMILES string of the molecule is CCOC(=O)C1CCN(C(=O)COC(=O)C23CCC(=O)N2c2ccccc2S3)CC1. The van der Waals surface area contributed by atoms with Gasteiger partial charge in [-0.3, -0.25) is 19.3 Å². The highest BCUT2D eigenvalue weighted by atomic mass is 32.2. The fourth-order valence-corrected chi connectivity index (χ4v) is 5.64. The third kappa shape index (κ3) is 3.55. The summed E-state index contributed by atoms with van der Waals surface area (Å²) in [5.74, 6) is -1.39. The van der Waals surface area contributed by atoms with Gasteiger partial charge in [-0.05, 0) is 31.9 Å². The largest absolute Gasteiger partial charge is 0.466 e. The van der Waals surface area contributed by atoms with Crippen molar-refractivity contribution in [2.24, 2.45) is 5.92 Å². The number of piperidine rings is 1. The first-order valence-electron chi connectivity index (χ1n) is 10.2. The molecule has 0 spiro atoms. The summed E-state index contributed by atoms with van der Waals surface area (Å²) in [5, 5.41) is 0. The molecule has 9 heteroatoms. The number of ether oxygens (including phenoxy) is 2. The van der Waals surface area contributed by atoms with E-state index >= 15 is 0 Å². The Hall–Kier alpha value is -2.55. The van der Waals surface area contributed by atoms with Gasteiger partial charge in [-0.1, -0.05) is 23.9 Å². The number of esters is 2. The van der Waals surface area contributed by atoms with E-state index in [0.29, 0.717) is 44.6 Å². The number of carbonyl (C=O) groups is 4. The van der Waals surface area contributed by atoms with Crippen LogP contribution in [0.1, 0.15) is 32.6 Å². The second-order valence-corrected chi connectivity index (χ2v) is 8.89. The van der Waals surface area contributed by atoms with Crippen molar-refractivity contribution in [1.29, 1.82) is 0 Å². The lowest BCUT2D eigenvalue weighted by Crippen LogP contribution is -2.49. The molecule has 0 bridgehead atoms. The van der Waals surface area contributed by atoms with Gasteiger partial charge in [-0.25, -0.2) is 4.79 Å². The third-order valence-electron chi connectivity index (χ3n) is 5.79. The summed E-state index contributed by atoms with van der Waals surface area (Å²) in [7, 11) is 0. The number of amides is 2. The van der Waals surface area contributed by atoms with Gasteiger partial charge >= 0.3 is 11.9 Å². The topological polar surface area (TPSA) is 93.2 Å². The zero-order valence-corrected chi connectivity index (χ0v) is 17.6. The van der Waals surface area contributed by atoms with Crippen LogP contribution in [0.25, 0.3) is 0 Å². The molecule has 1 atom stereocenters. The summed E-state index contributed by atoms with van der Waals surface area (Å²) in [5.41, 5.74) is 0.717. The van der Waals surface area contributed by atoms with Crippen molar-refractivity contribution in [3.63, 3.8) is 0 Å². The van der Waals surface area contributed by atoms with Crippen molar-refractivity contribution in [2.45, 2.75) is 42.4 Å². The lowest BCUT2D eigenvalue weighted by molar-refractivity contribution is -0.156. The molecule has 1 aromatic rings. The van der Waals surface area contributed by atoms with Crippen LogP contribution in [0.2, 0.25) is 0 Å². The number of anilines is 1. The number of benzene rings is 1. The van der Waals surface area contributed by atoms with E-state index in [2.05, 4.69) is 0 Å². The van der Waals surface area contributed by atoms with Crippen LogP contribution in [0.5, 0.6) is 0 Å². The van der Waals surface area contributed by atoms with Crippen LogP contribution in [0.3, 0.4) is 0 Å². The van der Waals surface area contributed by atoms with Gasteiger partial charge in [-0.15, -0.1) is 0 Å². The molecule has 0 radical (unpaired) electrons. The van der Waals surface area contributed by atoms with E-state index in [1.165, 1.54) is 16.7 Å². The smallest absolute Gasteiger partial charge is 0.344 e. The minimum absolute atomic E-state index is 0.114. The average molecular weight is 432 g/mol. The molecule has 8 nitrogen and oxygen atoms in total. The summed E-state index contributed by atoms with van der Waals surface area (Å²) in [6, 6.07) is 7.38. The van der Waals surface area contributed by atoms with Crippen LogP contribution in [0.4, 0.5) is 5.69 Å². The predicted octanol–water partition coefficient (Wildman–Crippen LogP) is 1.96. The molecule has 3 aliphatic rings. The normalized spacial score (nSPS) is 23.2. The molecule has 2 saturated heterocycles. The summed E-state index contributed by atoms with van der Waals surface area (Å²) < 4.78 is 10.4. The number of para-hydroxylation sites is 1. The Bertz CT molecular complexity index is 882. The fraction of sp³-hybridized carbons (Fsp3) is 0.524. The molecular weight excluding hydrogens is 408 g/mol. The molecule has 3 heterocycles. The zero-order chi connectivity index (χ0) is 21.3. The van der Waals surface area contributed by atoms with Crippen LogP contribution in [0.15, 0.2) is 29.2 Å². The summed E-state index contributed by atoms with van der Waals surface area (Å²) in [6.07, 6.45) is 1.70. The first kappa shape index (κ1) is 20.7. The van der Waals surface area contributed by atoms with Gasteiger partial charge < -0.3 is 14.4 Å². The van der Waals surface area contributed by atoms with Gasteiger partial charge in [0.25, 0.3) is 5.91 Å². The van der Waals surface area contributed by atoms with Gasteiger partial charge in [0, 0.05) is 30.8 Å². The van der Waals surface area contributed by atoms with Crippen molar-refractivity contribution >= 4 is 41.2 Å². The van der Waals surface area contributed by atoms with E-state index in [0.717, 1.165) is 4.90 Å². The Morgan fingerprint density at radius 1 is 1.17 bits per heavy atom. The van der Waals surface area contributed by atoms with Crippen molar-refractivity contribution < 1.29 is 28.7 Å².